The van der Waals surface area contributed by atoms with E-state index >= 15 is 0 Å². The standard InChI is InChI=1S/C24H34N4O3/c1-6-25-24(26-15-13-19-7-10-21(11-8-19)27-18(2)29)28(3)16-14-20-9-12-22(30-4)23(17-20)31-5/h7-12,17H,6,13-16H2,1-5H3,(H,25,26)(H,27,29). The number of benzene rings is 2. The van der Waals surface area contributed by atoms with Gasteiger partial charge in [0, 0.05) is 39.3 Å². The first kappa shape index (κ1) is 24.1. The summed E-state index contributed by atoms with van der Waals surface area (Å²) in [6.07, 6.45) is 1.70. The predicted molar refractivity (Wildman–Crippen MR) is 126 cm³/mol. The van der Waals surface area contributed by atoms with Crippen LogP contribution in [-0.2, 0) is 17.6 Å². The molecule has 2 aromatic carbocycles. The number of likely N-dealkylation sites (N-methyl/N-ethyl adjacent to an activating group) is 1. The summed E-state index contributed by atoms with van der Waals surface area (Å²) in [6, 6.07) is 13.9. The first-order chi connectivity index (χ1) is 15.0. The Morgan fingerprint density at radius 2 is 1.68 bits per heavy atom. The molecule has 2 aromatic rings. The van der Waals surface area contributed by atoms with Gasteiger partial charge in [0.1, 0.15) is 0 Å². The summed E-state index contributed by atoms with van der Waals surface area (Å²) in [4.78, 5) is 18.0. The molecule has 2 rings (SSSR count). The van der Waals surface area contributed by atoms with Crippen LogP contribution in [0.25, 0.3) is 0 Å². The number of carbonyl (C=O) groups excluding carboxylic acids is 1. The average Bonchev–Trinajstić information content (AvgIpc) is 2.77. The molecule has 168 valence electrons. The molecule has 0 saturated carbocycles. The average molecular weight is 427 g/mol. The Morgan fingerprint density at radius 3 is 2.29 bits per heavy atom. The molecule has 0 atom stereocenters. The van der Waals surface area contributed by atoms with Gasteiger partial charge in [0.25, 0.3) is 0 Å². The second-order valence-electron chi connectivity index (χ2n) is 7.22. The lowest BCUT2D eigenvalue weighted by Crippen LogP contribution is -2.40. The fourth-order valence-corrected chi connectivity index (χ4v) is 3.16. The van der Waals surface area contributed by atoms with E-state index < -0.39 is 0 Å². The number of anilines is 1. The third-order valence-electron chi connectivity index (χ3n) is 4.82. The highest BCUT2D eigenvalue weighted by atomic mass is 16.5. The van der Waals surface area contributed by atoms with Crippen molar-refractivity contribution in [2.75, 3.05) is 46.2 Å². The van der Waals surface area contributed by atoms with Crippen LogP contribution in [0.2, 0.25) is 0 Å². The number of ether oxygens (including phenoxy) is 2. The number of methoxy groups -OCH3 is 2. The van der Waals surface area contributed by atoms with Crippen LogP contribution in [0.3, 0.4) is 0 Å². The van der Waals surface area contributed by atoms with E-state index in [-0.39, 0.29) is 5.91 Å². The first-order valence-corrected chi connectivity index (χ1v) is 10.5. The summed E-state index contributed by atoms with van der Waals surface area (Å²) < 4.78 is 10.7. The number of nitrogens with one attached hydrogen (secondary N) is 2. The van der Waals surface area contributed by atoms with Gasteiger partial charge < -0.3 is 25.0 Å². The van der Waals surface area contributed by atoms with Gasteiger partial charge in [0.15, 0.2) is 17.5 Å². The SMILES string of the molecule is CCNC(=NCCc1ccc(NC(C)=O)cc1)N(C)CCc1ccc(OC)c(OC)c1. The van der Waals surface area contributed by atoms with Crippen molar-refractivity contribution in [2.24, 2.45) is 4.99 Å². The fourth-order valence-electron chi connectivity index (χ4n) is 3.16. The van der Waals surface area contributed by atoms with E-state index in [0.29, 0.717) is 6.54 Å². The lowest BCUT2D eigenvalue weighted by molar-refractivity contribution is -0.114. The Bertz CT molecular complexity index is 866. The molecule has 0 radical (unpaired) electrons. The van der Waals surface area contributed by atoms with Gasteiger partial charge in [-0.05, 0) is 55.2 Å². The van der Waals surface area contributed by atoms with Crippen LogP contribution in [-0.4, -0.2) is 57.7 Å². The van der Waals surface area contributed by atoms with Crippen LogP contribution in [0.5, 0.6) is 11.5 Å². The quantitative estimate of drug-likeness (QED) is 0.450. The van der Waals surface area contributed by atoms with Crippen molar-refractivity contribution in [2.45, 2.75) is 26.7 Å². The Hall–Kier alpha value is -3.22. The Balaban J connectivity index is 1.92. The third-order valence-corrected chi connectivity index (χ3v) is 4.82. The van der Waals surface area contributed by atoms with Crippen LogP contribution >= 0.6 is 0 Å². The van der Waals surface area contributed by atoms with E-state index in [0.717, 1.165) is 49.1 Å². The van der Waals surface area contributed by atoms with Crippen molar-refractivity contribution in [3.8, 4) is 11.5 Å². The number of hydrogen-bond donors (Lipinski definition) is 2. The molecule has 0 saturated heterocycles. The minimum absolute atomic E-state index is 0.0660. The van der Waals surface area contributed by atoms with Crippen LogP contribution in [0.1, 0.15) is 25.0 Å². The molecule has 2 N–H and O–H groups in total. The molecular weight excluding hydrogens is 392 g/mol. The minimum atomic E-state index is -0.0660. The maximum atomic E-state index is 11.1. The minimum Gasteiger partial charge on any atom is -0.493 e. The van der Waals surface area contributed by atoms with Crippen LogP contribution < -0.4 is 20.1 Å². The maximum absolute atomic E-state index is 11.1. The van der Waals surface area contributed by atoms with E-state index in [4.69, 9.17) is 14.5 Å². The van der Waals surface area contributed by atoms with Crippen LogP contribution in [0, 0.1) is 0 Å². The summed E-state index contributed by atoms with van der Waals surface area (Å²) in [6.45, 7) is 5.89. The first-order valence-electron chi connectivity index (χ1n) is 10.5. The predicted octanol–water partition coefficient (Wildman–Crippen LogP) is 3.34. The van der Waals surface area contributed by atoms with Gasteiger partial charge in [0.05, 0.1) is 14.2 Å². The summed E-state index contributed by atoms with van der Waals surface area (Å²) >= 11 is 0. The van der Waals surface area contributed by atoms with E-state index in [2.05, 4.69) is 28.5 Å². The van der Waals surface area contributed by atoms with Crippen molar-refractivity contribution in [3.63, 3.8) is 0 Å². The highest BCUT2D eigenvalue weighted by Crippen LogP contribution is 2.27. The molecule has 0 aliphatic rings. The van der Waals surface area contributed by atoms with E-state index in [1.165, 1.54) is 18.1 Å². The molecule has 0 bridgehead atoms. The molecule has 0 fully saturated rings. The number of rotatable bonds is 10. The van der Waals surface area contributed by atoms with Crippen LogP contribution in [0.15, 0.2) is 47.5 Å². The van der Waals surface area contributed by atoms with Gasteiger partial charge in [-0.2, -0.15) is 0 Å². The number of carbonyl (C=O) groups is 1. The highest BCUT2D eigenvalue weighted by molar-refractivity contribution is 5.88. The third kappa shape index (κ3) is 7.85. The zero-order valence-electron chi connectivity index (χ0n) is 19.2. The number of nitrogens with zero attached hydrogens (tertiary/aromatic N) is 2. The Labute approximate surface area is 185 Å². The molecule has 0 aromatic heterocycles. The van der Waals surface area contributed by atoms with E-state index in [1.807, 2.05) is 43.4 Å². The van der Waals surface area contributed by atoms with Gasteiger partial charge in [0.2, 0.25) is 5.91 Å². The number of hydrogen-bond acceptors (Lipinski definition) is 4. The van der Waals surface area contributed by atoms with Crippen LogP contribution in [0.4, 0.5) is 5.69 Å². The smallest absolute Gasteiger partial charge is 0.221 e. The number of amides is 1. The topological polar surface area (TPSA) is 75.2 Å². The molecular formula is C24H34N4O3. The highest BCUT2D eigenvalue weighted by Gasteiger charge is 2.08. The zero-order valence-corrected chi connectivity index (χ0v) is 19.2. The van der Waals surface area contributed by atoms with Crippen molar-refractivity contribution < 1.29 is 14.3 Å². The summed E-state index contributed by atoms with van der Waals surface area (Å²) in [7, 11) is 5.34. The molecule has 31 heavy (non-hydrogen) atoms. The van der Waals surface area contributed by atoms with Gasteiger partial charge in [-0.3, -0.25) is 9.79 Å². The van der Waals surface area contributed by atoms with Crippen molar-refractivity contribution in [1.82, 2.24) is 10.2 Å². The Kier molecular flexibility index (Phi) is 9.68. The van der Waals surface area contributed by atoms with Crippen molar-refractivity contribution >= 4 is 17.6 Å². The number of guanidine groups is 1. The van der Waals surface area contributed by atoms with Crippen molar-refractivity contribution in [1.29, 1.82) is 0 Å². The normalized spacial score (nSPS) is 11.1. The molecule has 1 amide bonds. The molecule has 0 spiro atoms. The summed E-state index contributed by atoms with van der Waals surface area (Å²) in [5.74, 6) is 2.30. The van der Waals surface area contributed by atoms with E-state index in [1.54, 1.807) is 14.2 Å². The molecule has 7 heteroatoms. The number of aliphatic imine (C=N–C) groups is 1. The second-order valence-corrected chi connectivity index (χ2v) is 7.22. The van der Waals surface area contributed by atoms with Gasteiger partial charge in [-0.1, -0.05) is 18.2 Å². The van der Waals surface area contributed by atoms with Gasteiger partial charge in [-0.25, -0.2) is 0 Å². The monoisotopic (exact) mass is 426 g/mol. The zero-order chi connectivity index (χ0) is 22.6. The lowest BCUT2D eigenvalue weighted by Gasteiger charge is -2.22. The van der Waals surface area contributed by atoms with Gasteiger partial charge in [-0.15, -0.1) is 0 Å². The molecule has 0 aliphatic heterocycles. The molecule has 7 nitrogen and oxygen atoms in total. The molecule has 0 aliphatic carbocycles. The van der Waals surface area contributed by atoms with E-state index in [9.17, 15) is 4.79 Å². The summed E-state index contributed by atoms with van der Waals surface area (Å²) in [5, 5.41) is 6.14. The fraction of sp³-hybridized carbons (Fsp3) is 0.417. The largest absolute Gasteiger partial charge is 0.493 e. The maximum Gasteiger partial charge on any atom is 0.221 e. The summed E-state index contributed by atoms with van der Waals surface area (Å²) in [5.41, 5.74) is 3.17. The second kappa shape index (κ2) is 12.5. The Morgan fingerprint density at radius 1 is 1.00 bits per heavy atom. The van der Waals surface area contributed by atoms with Crippen molar-refractivity contribution in [3.05, 3.63) is 53.6 Å². The molecule has 0 unspecified atom stereocenters. The molecule has 0 heterocycles. The van der Waals surface area contributed by atoms with Gasteiger partial charge >= 0.3 is 0 Å². The lowest BCUT2D eigenvalue weighted by atomic mass is 10.1.